The lowest BCUT2D eigenvalue weighted by Gasteiger charge is -2.27. The second-order valence-corrected chi connectivity index (χ2v) is 9.64. The monoisotopic (exact) mass is 487 g/mol. The minimum absolute atomic E-state index is 0.0438. The Morgan fingerprint density at radius 2 is 1.46 bits per heavy atom. The molecule has 0 atom stereocenters. The quantitative estimate of drug-likeness (QED) is 0.253. The highest BCUT2D eigenvalue weighted by atomic mass is 16.1. The molecular formula is C32H29N3O2. The van der Waals surface area contributed by atoms with Gasteiger partial charge in [-0.3, -0.25) is 9.59 Å². The summed E-state index contributed by atoms with van der Waals surface area (Å²) in [4.78, 5) is 26.2. The highest BCUT2D eigenvalue weighted by molar-refractivity contribution is 6.08. The predicted molar refractivity (Wildman–Crippen MR) is 148 cm³/mol. The Morgan fingerprint density at radius 1 is 0.811 bits per heavy atom. The van der Waals surface area contributed by atoms with Gasteiger partial charge in [0, 0.05) is 23.7 Å². The zero-order chi connectivity index (χ0) is 26.0. The topological polar surface area (TPSA) is 63.5 Å². The number of pyridine rings is 1. The minimum atomic E-state index is -0.520. The Kier molecular flexibility index (Phi) is 6.45. The molecule has 0 fully saturated rings. The van der Waals surface area contributed by atoms with Crippen molar-refractivity contribution in [3.8, 4) is 22.4 Å². The molecule has 5 nitrogen and oxygen atoms in total. The van der Waals surface area contributed by atoms with E-state index in [2.05, 4.69) is 5.32 Å². The Bertz CT molecular complexity index is 1590. The Labute approximate surface area is 216 Å². The summed E-state index contributed by atoms with van der Waals surface area (Å²) in [5.74, 6) is -0.100. The molecule has 0 spiro atoms. The van der Waals surface area contributed by atoms with Crippen LogP contribution in [0.4, 0.5) is 0 Å². The van der Waals surface area contributed by atoms with Gasteiger partial charge in [0.05, 0.1) is 16.6 Å². The van der Waals surface area contributed by atoms with Crippen molar-refractivity contribution < 1.29 is 9.59 Å². The number of nitrogens with zero attached hydrogens (tertiary/aromatic N) is 2. The van der Waals surface area contributed by atoms with E-state index in [-0.39, 0.29) is 11.7 Å². The summed E-state index contributed by atoms with van der Waals surface area (Å²) >= 11 is 0. The van der Waals surface area contributed by atoms with Crippen LogP contribution in [0.15, 0.2) is 103 Å². The normalized spacial score (nSPS) is 11.4. The fourth-order valence-corrected chi connectivity index (χ4v) is 4.60. The van der Waals surface area contributed by atoms with Gasteiger partial charge in [-0.15, -0.1) is 0 Å². The molecule has 1 N–H and O–H groups in total. The van der Waals surface area contributed by atoms with Crippen molar-refractivity contribution in [3.05, 3.63) is 120 Å². The Balaban J connectivity index is 1.51. The van der Waals surface area contributed by atoms with E-state index in [4.69, 9.17) is 5.10 Å². The standard InChI is InChI=1S/C32H29N3O2/c1-4-28(36)29-27-21-24(18-19-35(27)34-30(29)22-12-7-5-8-13-22)23-14-11-15-25(20-23)31(37)33-32(2,3)26-16-9-6-10-17-26/h5-21H,4H2,1-3H3,(H,33,37). The molecule has 0 aliphatic rings. The summed E-state index contributed by atoms with van der Waals surface area (Å²) in [7, 11) is 0. The summed E-state index contributed by atoms with van der Waals surface area (Å²) in [5, 5.41) is 7.89. The van der Waals surface area contributed by atoms with Crippen molar-refractivity contribution in [2.75, 3.05) is 0 Å². The van der Waals surface area contributed by atoms with E-state index in [1.165, 1.54) is 0 Å². The number of nitrogens with one attached hydrogen (secondary N) is 1. The number of aromatic nitrogens is 2. The van der Waals surface area contributed by atoms with Crippen molar-refractivity contribution in [3.63, 3.8) is 0 Å². The van der Waals surface area contributed by atoms with Crippen LogP contribution in [0.2, 0.25) is 0 Å². The summed E-state index contributed by atoms with van der Waals surface area (Å²) < 4.78 is 1.76. The second-order valence-electron chi connectivity index (χ2n) is 9.64. The van der Waals surface area contributed by atoms with Crippen LogP contribution in [0.1, 0.15) is 53.5 Å². The molecule has 5 heteroatoms. The first-order valence-electron chi connectivity index (χ1n) is 12.5. The molecule has 0 aliphatic heterocycles. The van der Waals surface area contributed by atoms with Crippen molar-refractivity contribution >= 4 is 17.2 Å². The van der Waals surface area contributed by atoms with Gasteiger partial charge in [-0.25, -0.2) is 4.52 Å². The molecule has 184 valence electrons. The number of rotatable bonds is 7. The molecule has 0 saturated carbocycles. The van der Waals surface area contributed by atoms with E-state index >= 15 is 0 Å². The maximum atomic E-state index is 13.2. The van der Waals surface area contributed by atoms with Gasteiger partial charge in [-0.2, -0.15) is 5.10 Å². The van der Waals surface area contributed by atoms with Crippen LogP contribution in [0.5, 0.6) is 0 Å². The van der Waals surface area contributed by atoms with Crippen LogP contribution < -0.4 is 5.32 Å². The molecule has 0 aliphatic carbocycles. The molecule has 0 radical (unpaired) electrons. The van der Waals surface area contributed by atoms with E-state index in [1.54, 1.807) is 4.52 Å². The Hall–Kier alpha value is -4.51. The van der Waals surface area contributed by atoms with Crippen molar-refractivity contribution in [2.24, 2.45) is 0 Å². The molecule has 5 rings (SSSR count). The van der Waals surface area contributed by atoms with Crippen LogP contribution in [0.3, 0.4) is 0 Å². The third-order valence-electron chi connectivity index (χ3n) is 6.66. The average molecular weight is 488 g/mol. The van der Waals surface area contributed by atoms with Gasteiger partial charge < -0.3 is 5.32 Å². The lowest BCUT2D eigenvalue weighted by atomic mass is 9.93. The molecule has 37 heavy (non-hydrogen) atoms. The molecule has 2 aromatic heterocycles. The van der Waals surface area contributed by atoms with Crippen LogP contribution >= 0.6 is 0 Å². The molecule has 0 bridgehead atoms. The van der Waals surface area contributed by atoms with E-state index in [1.807, 2.05) is 124 Å². The van der Waals surface area contributed by atoms with Crippen molar-refractivity contribution in [1.82, 2.24) is 14.9 Å². The number of fused-ring (bicyclic) bond motifs is 1. The zero-order valence-electron chi connectivity index (χ0n) is 21.2. The molecular weight excluding hydrogens is 458 g/mol. The van der Waals surface area contributed by atoms with E-state index in [0.717, 1.165) is 27.8 Å². The molecule has 5 aromatic rings. The number of ketones is 1. The average Bonchev–Trinajstić information content (AvgIpc) is 3.32. The van der Waals surface area contributed by atoms with Crippen molar-refractivity contribution in [1.29, 1.82) is 0 Å². The number of Topliss-reactive ketones (excluding diaryl/α,β-unsaturated/α-hetero) is 1. The minimum Gasteiger partial charge on any atom is -0.343 e. The maximum Gasteiger partial charge on any atom is 0.251 e. The summed E-state index contributed by atoms with van der Waals surface area (Å²) in [5.41, 5.74) is 5.85. The number of hydrogen-bond donors (Lipinski definition) is 1. The summed E-state index contributed by atoms with van der Waals surface area (Å²) in [6, 6.07) is 31.2. The van der Waals surface area contributed by atoms with Crippen LogP contribution in [-0.4, -0.2) is 21.3 Å². The fourth-order valence-electron chi connectivity index (χ4n) is 4.60. The molecule has 1 amide bonds. The number of carbonyl (C=O) groups excluding carboxylic acids is 2. The fraction of sp³-hybridized carbons (Fsp3) is 0.156. The largest absolute Gasteiger partial charge is 0.343 e. The SMILES string of the molecule is CCC(=O)c1c(-c2ccccc2)nn2ccc(-c3cccc(C(=O)NC(C)(C)c4ccccc4)c3)cc12. The number of carbonyl (C=O) groups is 2. The number of amides is 1. The lowest BCUT2D eigenvalue weighted by Crippen LogP contribution is -2.40. The first-order valence-corrected chi connectivity index (χ1v) is 12.5. The second kappa shape index (κ2) is 9.86. The molecule has 0 unspecified atom stereocenters. The zero-order valence-corrected chi connectivity index (χ0v) is 21.2. The van der Waals surface area contributed by atoms with Crippen LogP contribution in [-0.2, 0) is 5.54 Å². The van der Waals surface area contributed by atoms with E-state index < -0.39 is 5.54 Å². The van der Waals surface area contributed by atoms with Crippen molar-refractivity contribution in [2.45, 2.75) is 32.7 Å². The van der Waals surface area contributed by atoms with Gasteiger partial charge in [0.15, 0.2) is 5.78 Å². The van der Waals surface area contributed by atoms with E-state index in [0.29, 0.717) is 23.2 Å². The van der Waals surface area contributed by atoms with Gasteiger partial charge in [-0.1, -0.05) is 79.7 Å². The van der Waals surface area contributed by atoms with Gasteiger partial charge in [0.2, 0.25) is 0 Å². The molecule has 3 aromatic carbocycles. The van der Waals surface area contributed by atoms with Crippen LogP contribution in [0.25, 0.3) is 27.9 Å². The highest BCUT2D eigenvalue weighted by Crippen LogP contribution is 2.30. The Morgan fingerprint density at radius 3 is 2.16 bits per heavy atom. The third-order valence-corrected chi connectivity index (χ3v) is 6.66. The predicted octanol–water partition coefficient (Wildman–Crippen LogP) is 6.93. The van der Waals surface area contributed by atoms with Gasteiger partial charge >= 0.3 is 0 Å². The number of benzene rings is 3. The first kappa shape index (κ1) is 24.2. The summed E-state index contributed by atoms with van der Waals surface area (Å²) in [6.07, 6.45) is 2.26. The third kappa shape index (κ3) is 4.81. The van der Waals surface area contributed by atoms with Gasteiger partial charge in [-0.05, 0) is 54.8 Å². The highest BCUT2D eigenvalue weighted by Gasteiger charge is 2.24. The first-order chi connectivity index (χ1) is 17.9. The number of hydrogen-bond acceptors (Lipinski definition) is 3. The molecule has 0 saturated heterocycles. The van der Waals surface area contributed by atoms with E-state index in [9.17, 15) is 9.59 Å². The van der Waals surface area contributed by atoms with Gasteiger partial charge in [0.1, 0.15) is 5.69 Å². The maximum absolute atomic E-state index is 13.2. The van der Waals surface area contributed by atoms with Gasteiger partial charge in [0.25, 0.3) is 5.91 Å². The summed E-state index contributed by atoms with van der Waals surface area (Å²) in [6.45, 7) is 5.85. The van der Waals surface area contributed by atoms with Crippen LogP contribution in [0, 0.1) is 0 Å². The smallest absolute Gasteiger partial charge is 0.251 e. The lowest BCUT2D eigenvalue weighted by molar-refractivity contribution is 0.0911. The molecule has 2 heterocycles.